The van der Waals surface area contributed by atoms with Gasteiger partial charge in [0.25, 0.3) is 5.49 Å². The van der Waals surface area contributed by atoms with Gasteiger partial charge in [-0.05, 0) is 46.2 Å². The number of benzene rings is 1. The molecule has 25 heavy (non-hydrogen) atoms. The van der Waals surface area contributed by atoms with Crippen molar-refractivity contribution in [2.75, 3.05) is 0 Å². The highest BCUT2D eigenvalue weighted by Gasteiger charge is 2.30. The van der Waals surface area contributed by atoms with Crippen LogP contribution >= 0.6 is 11.6 Å². The van der Waals surface area contributed by atoms with E-state index in [2.05, 4.69) is 23.9 Å². The van der Waals surface area contributed by atoms with E-state index in [1.54, 1.807) is 24.3 Å². The minimum atomic E-state index is -0.635. The van der Waals surface area contributed by atoms with Crippen molar-refractivity contribution in [1.82, 2.24) is 14.7 Å². The molecule has 9 heteroatoms. The van der Waals surface area contributed by atoms with Crippen molar-refractivity contribution >= 4 is 17.4 Å². The van der Waals surface area contributed by atoms with Gasteiger partial charge < -0.3 is 15.3 Å². The fraction of sp³-hybridized carbons (Fsp3) is 0.500. The van der Waals surface area contributed by atoms with E-state index in [-0.39, 0.29) is 17.4 Å². The molecule has 0 saturated heterocycles. The predicted molar refractivity (Wildman–Crippen MR) is 91.9 cm³/mol. The van der Waals surface area contributed by atoms with Gasteiger partial charge in [0.2, 0.25) is 0 Å². The fourth-order valence-electron chi connectivity index (χ4n) is 3.24. The third kappa shape index (κ3) is 3.39. The zero-order valence-corrected chi connectivity index (χ0v) is 14.8. The van der Waals surface area contributed by atoms with Gasteiger partial charge in [0.15, 0.2) is 0 Å². The Labute approximate surface area is 149 Å². The molecule has 1 aliphatic carbocycles. The van der Waals surface area contributed by atoms with Crippen LogP contribution in [0.1, 0.15) is 33.1 Å². The molecular weight excluding hydrogens is 346 g/mol. The van der Waals surface area contributed by atoms with Crippen LogP contribution in [0.5, 0.6) is 0 Å². The molecule has 1 saturated carbocycles. The van der Waals surface area contributed by atoms with Crippen molar-refractivity contribution in [3.8, 4) is 5.69 Å². The summed E-state index contributed by atoms with van der Waals surface area (Å²) in [7, 11) is 0. The molecule has 134 valence electrons. The number of halogens is 1. The first-order chi connectivity index (χ1) is 11.9. The molecule has 1 aromatic carbocycles. The smallest absolute Gasteiger partial charge is 0.409 e. The number of nitrogens with zero attached hydrogens (tertiary/aromatic N) is 5. The first-order valence-corrected chi connectivity index (χ1v) is 8.62. The molecule has 0 aliphatic heterocycles. The van der Waals surface area contributed by atoms with E-state index in [0.717, 1.165) is 24.1 Å². The third-order valence-corrected chi connectivity index (χ3v) is 5.16. The summed E-state index contributed by atoms with van der Waals surface area (Å²) in [4.78, 5) is 16.9. The van der Waals surface area contributed by atoms with Crippen LogP contribution < -0.4 is 5.49 Å². The normalized spacial score (nSPS) is 24.4. The summed E-state index contributed by atoms with van der Waals surface area (Å²) in [5.41, 5.74) is 0.264. The molecule has 0 spiro atoms. The molecule has 3 atom stereocenters. The molecule has 8 nitrogen and oxygen atoms in total. The second-order valence-electron chi connectivity index (χ2n) is 6.53. The number of aromatic nitrogens is 3. The van der Waals surface area contributed by atoms with Gasteiger partial charge in [-0.25, -0.2) is 0 Å². The summed E-state index contributed by atoms with van der Waals surface area (Å²) in [6.45, 7) is 4.25. The summed E-state index contributed by atoms with van der Waals surface area (Å²) in [5, 5.41) is 26.2. The van der Waals surface area contributed by atoms with Crippen molar-refractivity contribution in [3.63, 3.8) is 0 Å². The molecule has 1 N–H and O–H groups in total. The topological polar surface area (TPSA) is 98.5 Å². The van der Waals surface area contributed by atoms with E-state index in [9.17, 15) is 15.3 Å². The summed E-state index contributed by atoms with van der Waals surface area (Å²) in [6.07, 6.45) is 2.97. The second kappa shape index (κ2) is 6.87. The van der Waals surface area contributed by atoms with E-state index in [1.165, 1.54) is 0 Å². The van der Waals surface area contributed by atoms with Gasteiger partial charge in [-0.1, -0.05) is 49.2 Å². The van der Waals surface area contributed by atoms with E-state index < -0.39 is 10.7 Å². The Morgan fingerprint density at radius 2 is 2.16 bits per heavy atom. The Morgan fingerprint density at radius 1 is 1.40 bits per heavy atom. The standard InChI is InChI=1S/C16H20ClN5O3/c1-10-5-3-8-14(11(10)2)18-15-16(22(24)25)19-20(21(15)23)13-7-4-6-12(17)9-13/h4,6-7,9-11,14,23H,3,5,8H2,1-2H3/t10-,11-,14-/m1/s1. The van der Waals surface area contributed by atoms with Gasteiger partial charge in [-0.2, -0.15) is 0 Å². The Hall–Kier alpha value is -2.35. The van der Waals surface area contributed by atoms with Crippen LogP contribution in [0.4, 0.5) is 5.82 Å². The summed E-state index contributed by atoms with van der Waals surface area (Å²) in [6, 6.07) is 6.45. The lowest BCUT2D eigenvalue weighted by Crippen LogP contribution is -2.32. The lowest BCUT2D eigenvalue weighted by Gasteiger charge is -2.31. The van der Waals surface area contributed by atoms with Crippen LogP contribution in [0.2, 0.25) is 5.02 Å². The first kappa shape index (κ1) is 17.5. The van der Waals surface area contributed by atoms with Crippen LogP contribution in [0, 0.1) is 22.0 Å². The van der Waals surface area contributed by atoms with Crippen LogP contribution in [0.3, 0.4) is 0 Å². The van der Waals surface area contributed by atoms with E-state index in [1.807, 2.05) is 0 Å². The van der Waals surface area contributed by atoms with Crippen molar-refractivity contribution < 1.29 is 10.1 Å². The summed E-state index contributed by atoms with van der Waals surface area (Å²) in [5.74, 6) is 0.285. The Morgan fingerprint density at radius 3 is 2.84 bits per heavy atom. The maximum Gasteiger partial charge on any atom is 0.438 e. The molecule has 1 fully saturated rings. The SMILES string of the molecule is C[C@@H]1[C@H](C)CCC[C@H]1N=c1c([N+](=O)[O-])nn(-c2cccc(Cl)c2)n1O. The number of nitro groups is 1. The lowest BCUT2D eigenvalue weighted by molar-refractivity contribution is -0.391. The molecule has 1 heterocycles. The van der Waals surface area contributed by atoms with E-state index >= 15 is 0 Å². The molecule has 3 rings (SSSR count). The lowest BCUT2D eigenvalue weighted by atomic mass is 9.78. The van der Waals surface area contributed by atoms with Gasteiger partial charge in [-0.3, -0.25) is 4.99 Å². The van der Waals surface area contributed by atoms with Crippen LogP contribution in [0.15, 0.2) is 29.3 Å². The Bertz CT molecular complexity index is 860. The minimum Gasteiger partial charge on any atom is -0.409 e. The molecule has 0 amide bonds. The van der Waals surface area contributed by atoms with Crippen molar-refractivity contribution in [2.45, 2.75) is 39.2 Å². The molecule has 0 radical (unpaired) electrons. The van der Waals surface area contributed by atoms with Crippen molar-refractivity contribution in [3.05, 3.63) is 44.9 Å². The van der Waals surface area contributed by atoms with Crippen LogP contribution in [0.25, 0.3) is 5.69 Å². The maximum atomic E-state index is 11.4. The molecular formula is C16H20ClN5O3. The minimum absolute atomic E-state index is 0.0853. The first-order valence-electron chi connectivity index (χ1n) is 8.24. The zero-order chi connectivity index (χ0) is 18.1. The third-order valence-electron chi connectivity index (χ3n) is 4.92. The van der Waals surface area contributed by atoms with Crippen molar-refractivity contribution in [2.24, 2.45) is 16.8 Å². The monoisotopic (exact) mass is 365 g/mol. The molecule has 1 aliphatic rings. The highest BCUT2D eigenvalue weighted by molar-refractivity contribution is 6.30. The molecule has 2 aromatic rings. The molecule has 0 bridgehead atoms. The average molecular weight is 366 g/mol. The van der Waals surface area contributed by atoms with Crippen LogP contribution in [-0.2, 0) is 0 Å². The highest BCUT2D eigenvalue weighted by Crippen LogP contribution is 2.31. The van der Waals surface area contributed by atoms with Crippen LogP contribution in [-0.4, -0.2) is 30.9 Å². The Kier molecular flexibility index (Phi) is 4.80. The van der Waals surface area contributed by atoms with E-state index in [4.69, 9.17) is 11.6 Å². The second-order valence-corrected chi connectivity index (χ2v) is 6.96. The quantitative estimate of drug-likeness (QED) is 0.513. The average Bonchev–Trinajstić information content (AvgIpc) is 2.89. The summed E-state index contributed by atoms with van der Waals surface area (Å²) >= 11 is 5.96. The molecule has 0 unspecified atom stereocenters. The summed E-state index contributed by atoms with van der Waals surface area (Å²) < 4.78 is 0. The van der Waals surface area contributed by atoms with Gasteiger partial charge in [0.05, 0.1) is 11.1 Å². The van der Waals surface area contributed by atoms with E-state index in [0.29, 0.717) is 21.5 Å². The van der Waals surface area contributed by atoms with Gasteiger partial charge in [0, 0.05) is 5.02 Å². The highest BCUT2D eigenvalue weighted by atomic mass is 35.5. The van der Waals surface area contributed by atoms with Gasteiger partial charge in [0.1, 0.15) is 5.69 Å². The van der Waals surface area contributed by atoms with Crippen molar-refractivity contribution in [1.29, 1.82) is 0 Å². The number of rotatable bonds is 3. The zero-order valence-electron chi connectivity index (χ0n) is 14.0. The Balaban J connectivity index is 2.13. The molecule has 1 aromatic heterocycles. The largest absolute Gasteiger partial charge is 0.438 e. The number of hydrogen-bond acceptors (Lipinski definition) is 5. The van der Waals surface area contributed by atoms with Gasteiger partial charge >= 0.3 is 5.82 Å². The number of hydrogen-bond donors (Lipinski definition) is 1. The maximum absolute atomic E-state index is 11.4. The van der Waals surface area contributed by atoms with Gasteiger partial charge in [-0.15, -0.1) is 0 Å². The fourth-order valence-corrected chi connectivity index (χ4v) is 3.43. The predicted octanol–water partition coefficient (Wildman–Crippen LogP) is 3.20.